The Bertz CT molecular complexity index is 2670. The molecule has 0 bridgehead atoms. The molecule has 0 aliphatic carbocycles. The molecule has 66 heavy (non-hydrogen) atoms. The summed E-state index contributed by atoms with van der Waals surface area (Å²) in [6, 6.07) is 28.7. The molecular formula is C47H64N6O9S2Si2. The molecule has 1 saturated heterocycles. The quantitative estimate of drug-likeness (QED) is 0.0814. The van der Waals surface area contributed by atoms with Gasteiger partial charge in [0.25, 0.3) is 15.9 Å². The monoisotopic (exact) mass is 976 g/mol. The first kappa shape index (κ1) is 50.5. The van der Waals surface area contributed by atoms with Crippen molar-refractivity contribution in [2.45, 2.75) is 112 Å². The molecule has 1 N–H and O–H groups in total. The Morgan fingerprint density at radius 1 is 0.712 bits per heavy atom. The molecule has 3 unspecified atom stereocenters. The normalized spacial score (nSPS) is 17.2. The third-order valence-electron chi connectivity index (χ3n) is 13.3. The summed E-state index contributed by atoms with van der Waals surface area (Å²) in [5.41, 5.74) is 1.92. The van der Waals surface area contributed by atoms with Crippen molar-refractivity contribution < 1.29 is 40.3 Å². The van der Waals surface area contributed by atoms with Gasteiger partial charge in [0.15, 0.2) is 18.9 Å². The molecule has 1 aromatic heterocycles. The standard InChI is InChI=1S/C47H64N6O9S2Si2/c1-45(2,3)66(10,11)62-42-18-15-31-52(43(42)54)47(65(7,8)9,33-36-21-27-39(60-5)28-22-36)46(32-35-19-25-38(59-4)26-20-35,64(57,58)51-63(55,56)41-16-13-12-14-17-41)44-48-50-53(49-44)34-37-23-29-40(61-6)30-24-37/h12-14,16-17,19-30,42,51H,15,18,31-34H2,1-11H3. The lowest BCUT2D eigenvalue weighted by Crippen LogP contribution is -2.80. The Balaban J connectivity index is 1.75. The fourth-order valence-corrected chi connectivity index (χ4v) is 18.5. The minimum absolute atomic E-state index is 0.0548. The molecule has 1 amide bonds. The van der Waals surface area contributed by atoms with E-state index in [0.717, 1.165) is 5.56 Å². The Hall–Kier alpha value is -4.93. The zero-order valence-electron chi connectivity index (χ0n) is 39.9. The Morgan fingerprint density at radius 3 is 1.70 bits per heavy atom. The molecule has 15 nitrogen and oxygen atoms in total. The van der Waals surface area contributed by atoms with Crippen molar-refractivity contribution in [3.63, 3.8) is 0 Å². The Labute approximate surface area is 392 Å². The van der Waals surface area contributed by atoms with Crippen molar-refractivity contribution in [2.24, 2.45) is 0 Å². The molecule has 0 saturated carbocycles. The van der Waals surface area contributed by atoms with Gasteiger partial charge in [0.05, 0.1) is 46.0 Å². The van der Waals surface area contributed by atoms with Crippen LogP contribution in [-0.2, 0) is 53.4 Å². The molecule has 3 atom stereocenters. The lowest BCUT2D eigenvalue weighted by Gasteiger charge is -2.61. The van der Waals surface area contributed by atoms with E-state index in [2.05, 4.69) is 48.3 Å². The van der Waals surface area contributed by atoms with E-state index >= 15 is 13.2 Å². The number of amides is 1. The van der Waals surface area contributed by atoms with Crippen molar-refractivity contribution in [1.29, 1.82) is 0 Å². The number of benzene rings is 4. The topological polar surface area (TPSA) is 181 Å². The van der Waals surface area contributed by atoms with Crippen LogP contribution in [0.4, 0.5) is 0 Å². The first-order valence-electron chi connectivity index (χ1n) is 21.9. The van der Waals surface area contributed by atoms with Crippen molar-refractivity contribution in [2.75, 3.05) is 27.9 Å². The first-order chi connectivity index (χ1) is 30.9. The fourth-order valence-electron chi connectivity index (χ4n) is 8.74. The lowest BCUT2D eigenvalue weighted by atomic mass is 9.83. The van der Waals surface area contributed by atoms with Gasteiger partial charge in [-0.2, -0.15) is 4.80 Å². The summed E-state index contributed by atoms with van der Waals surface area (Å²) in [7, 11) is -11.5. The van der Waals surface area contributed by atoms with Crippen LogP contribution in [0.3, 0.4) is 0 Å². The molecule has 5 aromatic rings. The molecule has 0 spiro atoms. The summed E-state index contributed by atoms with van der Waals surface area (Å²) in [4.78, 5) is 18.6. The van der Waals surface area contributed by atoms with Crippen LogP contribution in [0, 0.1) is 0 Å². The maximum atomic E-state index is 16.6. The molecular weight excluding hydrogens is 913 g/mol. The summed E-state index contributed by atoms with van der Waals surface area (Å²) in [6.07, 6.45) is -0.455. The maximum absolute atomic E-state index is 16.6. The van der Waals surface area contributed by atoms with Gasteiger partial charge in [-0.3, -0.25) is 4.79 Å². The van der Waals surface area contributed by atoms with Gasteiger partial charge in [-0.15, -0.1) is 14.3 Å². The zero-order chi connectivity index (χ0) is 48.3. The van der Waals surface area contributed by atoms with Crippen LogP contribution < -0.4 is 18.3 Å². The fraction of sp³-hybridized carbons (Fsp3) is 0.447. The van der Waals surface area contributed by atoms with Crippen LogP contribution in [-0.4, -0.2) is 103 Å². The molecule has 1 aliphatic heterocycles. The highest BCUT2D eigenvalue weighted by atomic mass is 32.3. The minimum Gasteiger partial charge on any atom is -0.497 e. The summed E-state index contributed by atoms with van der Waals surface area (Å²) in [5, 5.41) is 12.1. The van der Waals surface area contributed by atoms with Crippen molar-refractivity contribution in [3.05, 3.63) is 126 Å². The number of sulfonamides is 2. The van der Waals surface area contributed by atoms with E-state index < -0.39 is 52.5 Å². The summed E-state index contributed by atoms with van der Waals surface area (Å²) >= 11 is 0. The van der Waals surface area contributed by atoms with E-state index in [1.54, 1.807) is 73.7 Å². The molecule has 2 heterocycles. The number of aromatic nitrogens is 4. The summed E-state index contributed by atoms with van der Waals surface area (Å²) in [6.45, 7) is 16.7. The van der Waals surface area contributed by atoms with Gasteiger partial charge < -0.3 is 23.5 Å². The SMILES string of the molecule is COc1ccc(Cn2nnc(C(Cc3ccc(OC)cc3)(C(Cc3ccc(OC)cc3)(N3CCCC(O[Si](C)(C)C(C)(C)C)C3=O)[Si](C)(C)C)S(=O)(=O)NS(=O)(=O)c3ccccc3)n2)cc1. The van der Waals surface area contributed by atoms with Gasteiger partial charge in [0, 0.05) is 13.0 Å². The van der Waals surface area contributed by atoms with Gasteiger partial charge in [0.1, 0.15) is 23.4 Å². The number of methoxy groups -OCH3 is 3. The number of likely N-dealkylation sites (tertiary alicyclic amines) is 1. The van der Waals surface area contributed by atoms with Gasteiger partial charge >= 0.3 is 0 Å². The van der Waals surface area contributed by atoms with Crippen LogP contribution in [0.25, 0.3) is 0 Å². The molecule has 6 rings (SSSR count). The van der Waals surface area contributed by atoms with Crippen LogP contribution in [0.5, 0.6) is 17.2 Å². The van der Waals surface area contributed by atoms with E-state index in [1.807, 2.05) is 43.9 Å². The van der Waals surface area contributed by atoms with Crippen LogP contribution in [0.1, 0.15) is 56.1 Å². The van der Waals surface area contributed by atoms with Crippen LogP contribution >= 0.6 is 0 Å². The predicted molar refractivity (Wildman–Crippen MR) is 260 cm³/mol. The van der Waals surface area contributed by atoms with Crippen molar-refractivity contribution >= 4 is 42.3 Å². The van der Waals surface area contributed by atoms with Gasteiger partial charge in [-0.05, 0) is 108 Å². The lowest BCUT2D eigenvalue weighted by molar-refractivity contribution is -0.149. The number of ether oxygens (including phenoxy) is 3. The minimum atomic E-state index is -5.33. The molecule has 356 valence electrons. The number of rotatable bonds is 19. The number of carbonyl (C=O) groups is 1. The third kappa shape index (κ3) is 10.0. The second-order valence-corrected chi connectivity index (χ2v) is 33.3. The third-order valence-corrected chi connectivity index (χ3v) is 25.5. The average Bonchev–Trinajstić information content (AvgIpc) is 3.73. The van der Waals surface area contributed by atoms with Crippen molar-refractivity contribution in [1.82, 2.24) is 29.2 Å². The number of tetrazole rings is 1. The van der Waals surface area contributed by atoms with E-state index in [1.165, 1.54) is 36.2 Å². The second kappa shape index (κ2) is 19.4. The second-order valence-electron chi connectivity index (χ2n) is 19.4. The largest absolute Gasteiger partial charge is 0.497 e. The van der Waals surface area contributed by atoms with E-state index in [0.29, 0.717) is 41.2 Å². The molecule has 1 fully saturated rings. The first-order valence-corrected chi connectivity index (χ1v) is 31.3. The molecule has 4 aromatic carbocycles. The van der Waals surface area contributed by atoms with E-state index in [4.69, 9.17) is 23.7 Å². The zero-order valence-corrected chi connectivity index (χ0v) is 43.5. The van der Waals surface area contributed by atoms with Crippen LogP contribution in [0.15, 0.2) is 108 Å². The molecule has 0 radical (unpaired) electrons. The van der Waals surface area contributed by atoms with Crippen LogP contribution in [0.2, 0.25) is 37.8 Å². The average molecular weight is 977 g/mol. The smallest absolute Gasteiger partial charge is 0.253 e. The number of hydrogen-bond donors (Lipinski definition) is 1. The van der Waals surface area contributed by atoms with E-state index in [9.17, 15) is 8.42 Å². The number of nitrogens with one attached hydrogen (secondary N) is 1. The number of carbonyl (C=O) groups excluding carboxylic acids is 1. The Morgan fingerprint density at radius 2 is 1.21 bits per heavy atom. The van der Waals surface area contributed by atoms with Gasteiger partial charge in [-0.1, -0.05) is 95.0 Å². The van der Waals surface area contributed by atoms with E-state index in [-0.39, 0.29) is 47.6 Å². The maximum Gasteiger partial charge on any atom is 0.253 e. The van der Waals surface area contributed by atoms with Gasteiger partial charge in [-0.25, -0.2) is 16.8 Å². The number of hydrogen-bond acceptors (Lipinski definition) is 12. The highest BCUT2D eigenvalue weighted by Crippen LogP contribution is 2.53. The molecule has 19 heteroatoms. The van der Waals surface area contributed by atoms with Gasteiger partial charge in [0.2, 0.25) is 10.0 Å². The highest BCUT2D eigenvalue weighted by molar-refractivity contribution is 8.05. The highest BCUT2D eigenvalue weighted by Gasteiger charge is 2.72. The number of piperidine rings is 1. The Kier molecular flexibility index (Phi) is 14.8. The summed E-state index contributed by atoms with van der Waals surface area (Å²) in [5.74, 6) is 1.07. The number of nitrogens with zero attached hydrogens (tertiary/aromatic N) is 5. The predicted octanol–water partition coefficient (Wildman–Crippen LogP) is 7.37. The summed E-state index contributed by atoms with van der Waals surface area (Å²) < 4.78 is 85.6. The molecule has 1 aliphatic rings. The van der Waals surface area contributed by atoms with Crippen molar-refractivity contribution in [3.8, 4) is 17.2 Å².